The van der Waals surface area contributed by atoms with E-state index in [-0.39, 0.29) is 17.4 Å². The molecule has 0 aliphatic carbocycles. The van der Waals surface area contributed by atoms with Crippen molar-refractivity contribution in [2.24, 2.45) is 5.92 Å². The molecule has 122 valence electrons. The van der Waals surface area contributed by atoms with Crippen LogP contribution in [0.3, 0.4) is 0 Å². The fourth-order valence-electron chi connectivity index (χ4n) is 2.41. The molecule has 1 atom stereocenters. The van der Waals surface area contributed by atoms with Crippen molar-refractivity contribution in [2.75, 3.05) is 18.1 Å². The zero-order valence-corrected chi connectivity index (χ0v) is 13.9. The smallest absolute Gasteiger partial charge is 0.224 e. The Balaban J connectivity index is 1.50. The van der Waals surface area contributed by atoms with Crippen LogP contribution in [0.2, 0.25) is 0 Å². The standard InChI is InChI=1S/C14H16N4O3S2/c19-13(10-2-6-23(20,21)9-10)17-3-1-11-8-22-14(18-11)12-7-15-4-5-16-12/h4-5,7-8,10H,1-3,6,9H2,(H,17,19). The highest BCUT2D eigenvalue weighted by atomic mass is 32.2. The van der Waals surface area contributed by atoms with E-state index in [9.17, 15) is 13.2 Å². The highest BCUT2D eigenvalue weighted by Gasteiger charge is 2.32. The minimum atomic E-state index is -3.03. The van der Waals surface area contributed by atoms with Crippen molar-refractivity contribution in [1.29, 1.82) is 0 Å². The van der Waals surface area contributed by atoms with Crippen LogP contribution in [0, 0.1) is 5.92 Å². The summed E-state index contributed by atoms with van der Waals surface area (Å²) in [6, 6.07) is 0. The van der Waals surface area contributed by atoms with Gasteiger partial charge in [0, 0.05) is 30.7 Å². The summed E-state index contributed by atoms with van der Waals surface area (Å²) in [7, 11) is -3.03. The molecule has 2 aromatic rings. The lowest BCUT2D eigenvalue weighted by Gasteiger charge is -2.08. The van der Waals surface area contributed by atoms with E-state index in [1.54, 1.807) is 18.6 Å². The van der Waals surface area contributed by atoms with E-state index in [0.717, 1.165) is 16.4 Å². The number of hydrogen-bond donors (Lipinski definition) is 1. The van der Waals surface area contributed by atoms with E-state index in [2.05, 4.69) is 20.3 Å². The molecule has 1 aliphatic rings. The molecule has 1 aliphatic heterocycles. The van der Waals surface area contributed by atoms with E-state index in [4.69, 9.17) is 0 Å². The first kappa shape index (κ1) is 16.0. The van der Waals surface area contributed by atoms with Gasteiger partial charge in [0.05, 0.1) is 29.3 Å². The summed E-state index contributed by atoms with van der Waals surface area (Å²) >= 11 is 1.48. The summed E-state index contributed by atoms with van der Waals surface area (Å²) in [6.07, 6.45) is 5.90. The normalized spacial score (nSPS) is 19.6. The third kappa shape index (κ3) is 4.11. The molecule has 0 spiro atoms. The molecule has 3 rings (SSSR count). The van der Waals surface area contributed by atoms with Gasteiger partial charge in [0.2, 0.25) is 5.91 Å². The fourth-order valence-corrected chi connectivity index (χ4v) is 4.96. The lowest BCUT2D eigenvalue weighted by atomic mass is 10.1. The zero-order valence-electron chi connectivity index (χ0n) is 12.3. The Morgan fingerprint density at radius 2 is 2.26 bits per heavy atom. The first-order valence-corrected chi connectivity index (χ1v) is 9.92. The predicted octanol–water partition coefficient (Wildman–Crippen LogP) is 0.693. The first-order chi connectivity index (χ1) is 11.0. The number of thiazole rings is 1. The molecule has 3 heterocycles. The van der Waals surface area contributed by atoms with Crippen LogP contribution in [-0.4, -0.2) is 47.3 Å². The summed E-state index contributed by atoms with van der Waals surface area (Å²) in [5, 5.41) is 5.51. The molecule has 1 fully saturated rings. The molecule has 1 unspecified atom stereocenters. The Bertz CT molecular complexity index is 789. The topological polar surface area (TPSA) is 102 Å². The van der Waals surface area contributed by atoms with Gasteiger partial charge in [0.15, 0.2) is 9.84 Å². The quantitative estimate of drug-likeness (QED) is 0.849. The third-order valence-corrected chi connectivity index (χ3v) is 6.30. The van der Waals surface area contributed by atoms with Crippen LogP contribution in [0.25, 0.3) is 10.7 Å². The van der Waals surface area contributed by atoms with E-state index >= 15 is 0 Å². The van der Waals surface area contributed by atoms with Gasteiger partial charge in [0.1, 0.15) is 10.7 Å². The lowest BCUT2D eigenvalue weighted by molar-refractivity contribution is -0.124. The van der Waals surface area contributed by atoms with Gasteiger partial charge >= 0.3 is 0 Å². The number of rotatable bonds is 5. The molecule has 1 saturated heterocycles. The Morgan fingerprint density at radius 1 is 1.39 bits per heavy atom. The van der Waals surface area contributed by atoms with E-state index < -0.39 is 15.8 Å². The number of nitrogens with zero attached hydrogens (tertiary/aromatic N) is 3. The van der Waals surface area contributed by atoms with Crippen molar-refractivity contribution in [3.05, 3.63) is 29.7 Å². The van der Waals surface area contributed by atoms with Gasteiger partial charge in [-0.05, 0) is 6.42 Å². The average Bonchev–Trinajstić information content (AvgIpc) is 3.14. The van der Waals surface area contributed by atoms with Gasteiger partial charge < -0.3 is 5.32 Å². The second-order valence-corrected chi connectivity index (χ2v) is 8.46. The fraction of sp³-hybridized carbons (Fsp3) is 0.429. The van der Waals surface area contributed by atoms with Crippen LogP contribution in [0.1, 0.15) is 12.1 Å². The largest absolute Gasteiger partial charge is 0.355 e. The molecule has 1 amide bonds. The zero-order chi connectivity index (χ0) is 16.3. The van der Waals surface area contributed by atoms with Gasteiger partial charge in [-0.2, -0.15) is 0 Å². The van der Waals surface area contributed by atoms with Crippen LogP contribution < -0.4 is 5.32 Å². The van der Waals surface area contributed by atoms with Gasteiger partial charge in [-0.1, -0.05) is 0 Å². The Hall–Kier alpha value is -1.87. The summed E-state index contributed by atoms with van der Waals surface area (Å²) < 4.78 is 22.8. The Labute approximate surface area is 138 Å². The number of carbonyl (C=O) groups is 1. The highest BCUT2D eigenvalue weighted by molar-refractivity contribution is 7.91. The van der Waals surface area contributed by atoms with Gasteiger partial charge in [-0.25, -0.2) is 13.4 Å². The minimum Gasteiger partial charge on any atom is -0.355 e. The van der Waals surface area contributed by atoms with E-state index in [1.165, 1.54) is 11.3 Å². The molecule has 0 radical (unpaired) electrons. The van der Waals surface area contributed by atoms with Gasteiger partial charge in [-0.3, -0.25) is 14.8 Å². The van der Waals surface area contributed by atoms with Gasteiger partial charge in [-0.15, -0.1) is 11.3 Å². The maximum absolute atomic E-state index is 11.9. The number of amides is 1. The molecule has 0 aromatic carbocycles. The molecule has 23 heavy (non-hydrogen) atoms. The molecule has 1 N–H and O–H groups in total. The monoisotopic (exact) mass is 352 g/mol. The number of sulfone groups is 1. The second-order valence-electron chi connectivity index (χ2n) is 5.38. The molecule has 7 nitrogen and oxygen atoms in total. The van der Waals surface area contributed by atoms with Crippen LogP contribution in [0.5, 0.6) is 0 Å². The molecule has 0 saturated carbocycles. The molecule has 2 aromatic heterocycles. The second kappa shape index (κ2) is 6.71. The van der Waals surface area contributed by atoms with Crippen molar-refractivity contribution in [2.45, 2.75) is 12.8 Å². The van der Waals surface area contributed by atoms with Crippen LogP contribution in [0.4, 0.5) is 0 Å². The van der Waals surface area contributed by atoms with E-state index in [1.807, 2.05) is 5.38 Å². The van der Waals surface area contributed by atoms with Crippen LogP contribution in [-0.2, 0) is 21.1 Å². The summed E-state index contributed by atoms with van der Waals surface area (Å²) in [4.78, 5) is 24.6. The van der Waals surface area contributed by atoms with Crippen LogP contribution >= 0.6 is 11.3 Å². The highest BCUT2D eigenvalue weighted by Crippen LogP contribution is 2.21. The van der Waals surface area contributed by atoms with Gasteiger partial charge in [0.25, 0.3) is 0 Å². The third-order valence-electron chi connectivity index (χ3n) is 3.62. The van der Waals surface area contributed by atoms with E-state index in [0.29, 0.717) is 19.4 Å². The predicted molar refractivity (Wildman–Crippen MR) is 86.6 cm³/mol. The maximum atomic E-state index is 11.9. The van der Waals surface area contributed by atoms with Crippen LogP contribution in [0.15, 0.2) is 24.0 Å². The van der Waals surface area contributed by atoms with Crippen molar-refractivity contribution in [3.63, 3.8) is 0 Å². The maximum Gasteiger partial charge on any atom is 0.224 e. The van der Waals surface area contributed by atoms with Crippen molar-refractivity contribution < 1.29 is 13.2 Å². The SMILES string of the molecule is O=C(NCCc1csc(-c2cnccn2)n1)C1CCS(=O)(=O)C1. The lowest BCUT2D eigenvalue weighted by Crippen LogP contribution is -2.32. The minimum absolute atomic E-state index is 0.0354. The molecule has 9 heteroatoms. The van der Waals surface area contributed by atoms with Crippen molar-refractivity contribution in [3.8, 4) is 10.7 Å². The molecular weight excluding hydrogens is 336 g/mol. The number of aromatic nitrogens is 3. The summed E-state index contributed by atoms with van der Waals surface area (Å²) in [6.45, 7) is 0.443. The number of nitrogens with one attached hydrogen (secondary N) is 1. The first-order valence-electron chi connectivity index (χ1n) is 7.22. The molecular formula is C14H16N4O3S2. The summed E-state index contributed by atoms with van der Waals surface area (Å²) in [5.41, 5.74) is 1.60. The number of hydrogen-bond acceptors (Lipinski definition) is 7. The van der Waals surface area contributed by atoms with Crippen molar-refractivity contribution in [1.82, 2.24) is 20.3 Å². The number of carbonyl (C=O) groups excluding carboxylic acids is 1. The average molecular weight is 352 g/mol. The summed E-state index contributed by atoms with van der Waals surface area (Å²) in [5.74, 6) is -0.522. The van der Waals surface area contributed by atoms with Crippen molar-refractivity contribution >= 4 is 27.1 Å². The molecule has 0 bridgehead atoms. The Morgan fingerprint density at radius 3 is 2.96 bits per heavy atom. The Kier molecular flexibility index (Phi) is 4.67.